The number of pyridine rings is 1. The molecule has 0 aliphatic carbocycles. The summed E-state index contributed by atoms with van der Waals surface area (Å²) in [5.41, 5.74) is 1.02. The summed E-state index contributed by atoms with van der Waals surface area (Å²) >= 11 is 3.47. The van der Waals surface area contributed by atoms with E-state index in [1.807, 2.05) is 24.3 Å². The molecule has 0 unspecified atom stereocenters. The maximum atomic E-state index is 11.9. The van der Waals surface area contributed by atoms with Crippen molar-refractivity contribution in [3.63, 3.8) is 0 Å². The Labute approximate surface area is 125 Å². The maximum Gasteiger partial charge on any atom is 0.258 e. The molecule has 1 aromatic heterocycles. The fourth-order valence-corrected chi connectivity index (χ4v) is 2.27. The minimum Gasteiger partial charge on any atom is -0.328 e. The molecule has 0 saturated carbocycles. The van der Waals surface area contributed by atoms with Gasteiger partial charge in [-0.2, -0.15) is 0 Å². The first-order valence-corrected chi connectivity index (χ1v) is 7.13. The number of aromatic amines is 1. The number of hydrogen-bond acceptors (Lipinski definition) is 3. The molecule has 20 heavy (non-hydrogen) atoms. The molecule has 0 aliphatic heterocycles. The lowest BCUT2D eigenvalue weighted by molar-refractivity contribution is 0.0981. The third-order valence-electron chi connectivity index (χ3n) is 2.92. The molecular weight excluding hydrogens is 320 g/mol. The first kappa shape index (κ1) is 14.7. The standard InChI is InChI=1S/C15H15BrN2O2/c16-13-6-2-1-4-11(13)10-17-9-7-14(19)12-5-3-8-18-15(12)20/h1-6,8,17H,7,9-10H2,(H,18,20). The molecule has 0 amide bonds. The third kappa shape index (κ3) is 3.88. The lowest BCUT2D eigenvalue weighted by Gasteiger charge is -2.06. The lowest BCUT2D eigenvalue weighted by atomic mass is 10.1. The number of aromatic nitrogens is 1. The SMILES string of the molecule is O=C(CCNCc1ccccc1Br)c1ccc[nH]c1=O. The largest absolute Gasteiger partial charge is 0.328 e. The Morgan fingerprint density at radius 3 is 2.75 bits per heavy atom. The summed E-state index contributed by atoms with van der Waals surface area (Å²) in [6.45, 7) is 1.22. The van der Waals surface area contributed by atoms with Crippen molar-refractivity contribution in [2.24, 2.45) is 0 Å². The molecule has 0 aliphatic rings. The Balaban J connectivity index is 1.82. The quantitative estimate of drug-likeness (QED) is 0.630. The van der Waals surface area contributed by atoms with Crippen LogP contribution in [-0.4, -0.2) is 17.3 Å². The second-order valence-electron chi connectivity index (χ2n) is 4.35. The van der Waals surface area contributed by atoms with Gasteiger partial charge in [0.05, 0.1) is 5.56 Å². The molecule has 1 aromatic carbocycles. The minimum atomic E-state index is -0.330. The van der Waals surface area contributed by atoms with E-state index >= 15 is 0 Å². The summed E-state index contributed by atoms with van der Waals surface area (Å²) in [7, 11) is 0. The molecule has 0 fully saturated rings. The van der Waals surface area contributed by atoms with Gasteiger partial charge in [0.1, 0.15) is 0 Å². The van der Waals surface area contributed by atoms with E-state index in [0.717, 1.165) is 10.0 Å². The van der Waals surface area contributed by atoms with Crippen molar-refractivity contribution in [1.82, 2.24) is 10.3 Å². The van der Waals surface area contributed by atoms with Crippen molar-refractivity contribution in [3.8, 4) is 0 Å². The summed E-state index contributed by atoms with van der Waals surface area (Å²) in [5.74, 6) is -0.147. The normalized spacial score (nSPS) is 10.4. The van der Waals surface area contributed by atoms with E-state index in [1.165, 1.54) is 6.20 Å². The predicted octanol–water partition coefficient (Wildman–Crippen LogP) is 2.50. The number of carbonyl (C=O) groups is 1. The summed E-state index contributed by atoms with van der Waals surface area (Å²) in [4.78, 5) is 25.8. The third-order valence-corrected chi connectivity index (χ3v) is 3.69. The topological polar surface area (TPSA) is 62.0 Å². The molecule has 0 radical (unpaired) electrons. The molecule has 2 N–H and O–H groups in total. The van der Waals surface area contributed by atoms with Gasteiger partial charge in [0, 0.05) is 30.2 Å². The van der Waals surface area contributed by atoms with Crippen molar-refractivity contribution in [3.05, 3.63) is 68.5 Å². The van der Waals surface area contributed by atoms with Crippen molar-refractivity contribution in [2.75, 3.05) is 6.54 Å². The summed E-state index contributed by atoms with van der Waals surface area (Å²) < 4.78 is 1.04. The highest BCUT2D eigenvalue weighted by molar-refractivity contribution is 9.10. The Hall–Kier alpha value is -1.72. The van der Waals surface area contributed by atoms with Crippen molar-refractivity contribution in [2.45, 2.75) is 13.0 Å². The number of benzene rings is 1. The van der Waals surface area contributed by atoms with Crippen LogP contribution in [0.2, 0.25) is 0 Å². The van der Waals surface area contributed by atoms with Crippen LogP contribution >= 0.6 is 15.9 Å². The van der Waals surface area contributed by atoms with Gasteiger partial charge in [-0.15, -0.1) is 0 Å². The number of ketones is 1. The second-order valence-corrected chi connectivity index (χ2v) is 5.21. The zero-order valence-electron chi connectivity index (χ0n) is 10.9. The van der Waals surface area contributed by atoms with E-state index in [9.17, 15) is 9.59 Å². The van der Waals surface area contributed by atoms with Crippen LogP contribution in [0.1, 0.15) is 22.3 Å². The number of nitrogens with one attached hydrogen (secondary N) is 2. The highest BCUT2D eigenvalue weighted by atomic mass is 79.9. The zero-order valence-corrected chi connectivity index (χ0v) is 12.4. The van der Waals surface area contributed by atoms with Gasteiger partial charge < -0.3 is 10.3 Å². The molecular formula is C15H15BrN2O2. The van der Waals surface area contributed by atoms with E-state index < -0.39 is 0 Å². The Morgan fingerprint density at radius 1 is 1.20 bits per heavy atom. The van der Waals surface area contributed by atoms with Crippen LogP contribution in [0.15, 0.2) is 51.9 Å². The maximum absolute atomic E-state index is 11.9. The molecule has 104 valence electrons. The summed E-state index contributed by atoms with van der Waals surface area (Å²) in [5, 5.41) is 3.20. The first-order chi connectivity index (χ1) is 9.68. The Bertz CT molecular complexity index is 652. The lowest BCUT2D eigenvalue weighted by Crippen LogP contribution is -2.22. The van der Waals surface area contributed by atoms with Crippen LogP contribution in [-0.2, 0) is 6.54 Å². The number of rotatable bonds is 6. The van der Waals surface area contributed by atoms with Crippen molar-refractivity contribution < 1.29 is 4.79 Å². The average Bonchev–Trinajstić information content (AvgIpc) is 2.45. The molecule has 2 aromatic rings. The molecule has 2 rings (SSSR count). The van der Waals surface area contributed by atoms with E-state index in [-0.39, 0.29) is 16.9 Å². The number of H-pyrrole nitrogens is 1. The van der Waals surface area contributed by atoms with Gasteiger partial charge in [0.2, 0.25) is 0 Å². The van der Waals surface area contributed by atoms with Gasteiger partial charge >= 0.3 is 0 Å². The minimum absolute atomic E-state index is 0.147. The van der Waals surface area contributed by atoms with Crippen molar-refractivity contribution >= 4 is 21.7 Å². The fraction of sp³-hybridized carbons (Fsp3) is 0.200. The molecule has 5 heteroatoms. The summed E-state index contributed by atoms with van der Waals surface area (Å²) in [6.07, 6.45) is 1.82. The highest BCUT2D eigenvalue weighted by Crippen LogP contribution is 2.15. The van der Waals surface area contributed by atoms with E-state index in [4.69, 9.17) is 0 Å². The van der Waals surface area contributed by atoms with Gasteiger partial charge in [-0.25, -0.2) is 0 Å². The van der Waals surface area contributed by atoms with Gasteiger partial charge in [0.25, 0.3) is 5.56 Å². The number of Topliss-reactive ketones (excluding diaryl/α,β-unsaturated/α-hetero) is 1. The van der Waals surface area contributed by atoms with Crippen LogP contribution in [0.4, 0.5) is 0 Å². The molecule has 0 bridgehead atoms. The van der Waals surface area contributed by atoms with Crippen LogP contribution < -0.4 is 10.9 Å². The fourth-order valence-electron chi connectivity index (χ4n) is 1.84. The zero-order chi connectivity index (χ0) is 14.4. The van der Waals surface area contributed by atoms with Gasteiger partial charge in [0.15, 0.2) is 5.78 Å². The van der Waals surface area contributed by atoms with Gasteiger partial charge in [-0.05, 0) is 23.8 Å². The smallest absolute Gasteiger partial charge is 0.258 e. The number of halogens is 1. The van der Waals surface area contributed by atoms with Crippen LogP contribution in [0.3, 0.4) is 0 Å². The Kier molecular flexibility index (Phi) is 5.26. The highest BCUT2D eigenvalue weighted by Gasteiger charge is 2.09. The number of carbonyl (C=O) groups excluding carboxylic acids is 1. The van der Waals surface area contributed by atoms with E-state index in [1.54, 1.807) is 12.1 Å². The van der Waals surface area contributed by atoms with Gasteiger partial charge in [-0.3, -0.25) is 9.59 Å². The summed E-state index contributed by atoms with van der Waals surface area (Å²) in [6, 6.07) is 11.1. The van der Waals surface area contributed by atoms with Crippen LogP contribution in [0.5, 0.6) is 0 Å². The van der Waals surface area contributed by atoms with Crippen LogP contribution in [0.25, 0.3) is 0 Å². The second kappa shape index (κ2) is 7.17. The molecule has 1 heterocycles. The predicted molar refractivity (Wildman–Crippen MR) is 81.9 cm³/mol. The molecule has 0 spiro atoms. The van der Waals surface area contributed by atoms with E-state index in [0.29, 0.717) is 19.5 Å². The van der Waals surface area contributed by atoms with E-state index in [2.05, 4.69) is 26.2 Å². The first-order valence-electron chi connectivity index (χ1n) is 6.33. The molecule has 0 saturated heterocycles. The molecule has 4 nitrogen and oxygen atoms in total. The van der Waals surface area contributed by atoms with Crippen molar-refractivity contribution in [1.29, 1.82) is 0 Å². The average molecular weight is 335 g/mol. The molecule has 0 atom stereocenters. The van der Waals surface area contributed by atoms with Crippen LogP contribution in [0, 0.1) is 0 Å². The monoisotopic (exact) mass is 334 g/mol. The number of hydrogen-bond donors (Lipinski definition) is 2. The van der Waals surface area contributed by atoms with Gasteiger partial charge in [-0.1, -0.05) is 34.1 Å². The Morgan fingerprint density at radius 2 is 2.00 bits per heavy atom.